The predicted octanol–water partition coefficient (Wildman–Crippen LogP) is 2.65. The van der Waals surface area contributed by atoms with Gasteiger partial charge in [-0.2, -0.15) is 4.31 Å². The second kappa shape index (κ2) is 8.02. The van der Waals surface area contributed by atoms with Gasteiger partial charge in [0, 0.05) is 36.6 Å². The topological polar surface area (TPSA) is 53.5 Å². The van der Waals surface area contributed by atoms with Crippen molar-refractivity contribution in [3.63, 3.8) is 0 Å². The fourth-order valence-corrected chi connectivity index (χ4v) is 4.58. The molecule has 0 bridgehead atoms. The monoisotopic (exact) mass is 363 g/mol. The van der Waals surface area contributed by atoms with Crippen molar-refractivity contribution in [2.24, 2.45) is 0 Å². The third-order valence-electron chi connectivity index (χ3n) is 3.98. The van der Waals surface area contributed by atoms with Crippen LogP contribution in [0.1, 0.15) is 17.0 Å². The highest BCUT2D eigenvalue weighted by Gasteiger charge is 2.23. The molecule has 0 atom stereocenters. The molecular formula is C17H21N3O2S2. The number of hydrogen-bond donors (Lipinski definition) is 0. The lowest BCUT2D eigenvalue weighted by atomic mass is 10.2. The number of benzene rings is 1. The second-order valence-electron chi connectivity index (χ2n) is 5.71. The van der Waals surface area contributed by atoms with Gasteiger partial charge < -0.3 is 0 Å². The van der Waals surface area contributed by atoms with Crippen molar-refractivity contribution >= 4 is 27.4 Å². The van der Waals surface area contributed by atoms with Crippen LogP contribution in [0.3, 0.4) is 0 Å². The van der Waals surface area contributed by atoms with Gasteiger partial charge in [-0.05, 0) is 24.6 Å². The van der Waals surface area contributed by atoms with Gasteiger partial charge in [-0.1, -0.05) is 30.3 Å². The van der Waals surface area contributed by atoms with Crippen molar-refractivity contribution in [1.82, 2.24) is 14.2 Å². The Morgan fingerprint density at radius 3 is 2.71 bits per heavy atom. The molecule has 128 valence electrons. The highest BCUT2D eigenvalue weighted by molar-refractivity contribution is 7.92. The number of aromatic nitrogens is 1. The van der Waals surface area contributed by atoms with Gasteiger partial charge in [-0.15, -0.1) is 11.3 Å². The van der Waals surface area contributed by atoms with Crippen LogP contribution in [0.5, 0.6) is 0 Å². The van der Waals surface area contributed by atoms with E-state index in [-0.39, 0.29) is 0 Å². The summed E-state index contributed by atoms with van der Waals surface area (Å²) in [5.74, 6) is 0. The van der Waals surface area contributed by atoms with Gasteiger partial charge in [0.25, 0.3) is 0 Å². The summed E-state index contributed by atoms with van der Waals surface area (Å²) in [7, 11) is -3.38. The number of nitrogens with zero attached hydrogens (tertiary/aromatic N) is 3. The first kappa shape index (κ1) is 17.3. The molecule has 0 spiro atoms. The largest absolute Gasteiger partial charge is 0.295 e. The molecule has 0 unspecified atom stereocenters. The number of sulfonamides is 1. The van der Waals surface area contributed by atoms with Crippen LogP contribution >= 0.6 is 11.3 Å². The summed E-state index contributed by atoms with van der Waals surface area (Å²) in [6.07, 6.45) is 4.31. The number of hydrogen-bond acceptors (Lipinski definition) is 5. The number of thiazole rings is 1. The minimum Gasteiger partial charge on any atom is -0.295 e. The van der Waals surface area contributed by atoms with Crippen molar-refractivity contribution in [3.05, 3.63) is 57.9 Å². The zero-order valence-corrected chi connectivity index (χ0v) is 15.0. The highest BCUT2D eigenvalue weighted by Crippen LogP contribution is 2.14. The SMILES string of the molecule is O=S(=O)(C=Cc1ccccc1)N1CCCN(Cc2nccs2)CC1. The minimum absolute atomic E-state index is 0.521. The maximum Gasteiger partial charge on any atom is 0.236 e. The van der Waals surface area contributed by atoms with Crippen LogP contribution in [-0.4, -0.2) is 48.8 Å². The molecule has 0 amide bonds. The lowest BCUT2D eigenvalue weighted by Crippen LogP contribution is -2.33. The molecule has 1 aliphatic heterocycles. The van der Waals surface area contributed by atoms with E-state index in [2.05, 4.69) is 9.88 Å². The second-order valence-corrected chi connectivity index (χ2v) is 8.51. The molecular weight excluding hydrogens is 342 g/mol. The summed E-state index contributed by atoms with van der Waals surface area (Å²) in [4.78, 5) is 6.58. The smallest absolute Gasteiger partial charge is 0.236 e. The van der Waals surface area contributed by atoms with E-state index in [4.69, 9.17) is 0 Å². The molecule has 1 aliphatic rings. The quantitative estimate of drug-likeness (QED) is 0.819. The zero-order chi connectivity index (χ0) is 16.8. The molecule has 0 aliphatic carbocycles. The van der Waals surface area contributed by atoms with Gasteiger partial charge in [0.15, 0.2) is 0 Å². The average molecular weight is 364 g/mol. The van der Waals surface area contributed by atoms with E-state index >= 15 is 0 Å². The molecule has 2 aromatic rings. The first-order valence-electron chi connectivity index (χ1n) is 7.97. The van der Waals surface area contributed by atoms with Crippen molar-refractivity contribution in [2.75, 3.05) is 26.2 Å². The highest BCUT2D eigenvalue weighted by atomic mass is 32.2. The van der Waals surface area contributed by atoms with Gasteiger partial charge >= 0.3 is 0 Å². The summed E-state index contributed by atoms with van der Waals surface area (Å²) in [6.45, 7) is 3.51. The Morgan fingerprint density at radius 1 is 1.12 bits per heavy atom. The van der Waals surface area contributed by atoms with Crippen molar-refractivity contribution in [3.8, 4) is 0 Å². The minimum atomic E-state index is -3.38. The normalized spacial score (nSPS) is 18.0. The van der Waals surface area contributed by atoms with Crippen molar-refractivity contribution in [1.29, 1.82) is 0 Å². The van der Waals surface area contributed by atoms with Gasteiger partial charge in [0.2, 0.25) is 10.0 Å². The molecule has 1 aromatic carbocycles. The van der Waals surface area contributed by atoms with E-state index in [0.717, 1.165) is 36.6 Å². The van der Waals surface area contributed by atoms with E-state index in [1.165, 1.54) is 5.41 Å². The van der Waals surface area contributed by atoms with Crippen LogP contribution in [0.25, 0.3) is 6.08 Å². The maximum atomic E-state index is 12.5. The fraction of sp³-hybridized carbons (Fsp3) is 0.353. The average Bonchev–Trinajstić information content (AvgIpc) is 2.98. The third-order valence-corrected chi connectivity index (χ3v) is 6.31. The van der Waals surface area contributed by atoms with Gasteiger partial charge in [-0.25, -0.2) is 13.4 Å². The van der Waals surface area contributed by atoms with E-state index in [0.29, 0.717) is 13.1 Å². The Balaban J connectivity index is 1.61. The molecule has 5 nitrogen and oxygen atoms in total. The molecule has 1 fully saturated rings. The molecule has 0 N–H and O–H groups in total. The van der Waals surface area contributed by atoms with Crippen LogP contribution < -0.4 is 0 Å². The predicted molar refractivity (Wildman–Crippen MR) is 98.0 cm³/mol. The zero-order valence-electron chi connectivity index (χ0n) is 13.4. The molecule has 1 aromatic heterocycles. The summed E-state index contributed by atoms with van der Waals surface area (Å²) in [6, 6.07) is 9.50. The molecule has 3 rings (SSSR count). The summed E-state index contributed by atoms with van der Waals surface area (Å²) in [5, 5.41) is 4.37. The van der Waals surface area contributed by atoms with Gasteiger partial charge in [0.05, 0.1) is 6.54 Å². The van der Waals surface area contributed by atoms with Gasteiger partial charge in [0.1, 0.15) is 5.01 Å². The molecule has 0 saturated carbocycles. The number of rotatable bonds is 5. The molecule has 7 heteroatoms. The Morgan fingerprint density at radius 2 is 1.96 bits per heavy atom. The Bertz CT molecular complexity index is 758. The Hall–Kier alpha value is -1.54. The van der Waals surface area contributed by atoms with Crippen LogP contribution in [-0.2, 0) is 16.6 Å². The van der Waals surface area contributed by atoms with E-state index in [1.54, 1.807) is 21.7 Å². The molecule has 0 radical (unpaired) electrons. The Labute approximate surface area is 147 Å². The van der Waals surface area contributed by atoms with Crippen LogP contribution in [0.15, 0.2) is 47.3 Å². The standard InChI is InChI=1S/C17H21N3O2S2/c21-24(22,14-7-16-5-2-1-3-6-16)20-10-4-9-19(11-12-20)15-17-18-8-13-23-17/h1-3,5-8,13-14H,4,9-12,15H2. The van der Waals surface area contributed by atoms with Crippen LogP contribution in [0, 0.1) is 0 Å². The summed E-state index contributed by atoms with van der Waals surface area (Å²) in [5.41, 5.74) is 0.890. The van der Waals surface area contributed by atoms with Crippen molar-refractivity contribution in [2.45, 2.75) is 13.0 Å². The first-order chi connectivity index (χ1) is 11.6. The van der Waals surface area contributed by atoms with Gasteiger partial charge in [-0.3, -0.25) is 4.90 Å². The van der Waals surface area contributed by atoms with E-state index < -0.39 is 10.0 Å². The Kier molecular flexibility index (Phi) is 5.78. The van der Waals surface area contributed by atoms with E-state index in [1.807, 2.05) is 41.9 Å². The lowest BCUT2D eigenvalue weighted by Gasteiger charge is -2.19. The third kappa shape index (κ3) is 4.73. The van der Waals surface area contributed by atoms with E-state index in [9.17, 15) is 8.42 Å². The summed E-state index contributed by atoms with van der Waals surface area (Å²) >= 11 is 1.64. The van der Waals surface area contributed by atoms with Crippen LogP contribution in [0.4, 0.5) is 0 Å². The van der Waals surface area contributed by atoms with Crippen molar-refractivity contribution < 1.29 is 8.42 Å². The molecule has 24 heavy (non-hydrogen) atoms. The first-order valence-corrected chi connectivity index (χ1v) is 10.4. The summed E-state index contributed by atoms with van der Waals surface area (Å²) < 4.78 is 26.7. The maximum absolute atomic E-state index is 12.5. The lowest BCUT2D eigenvalue weighted by molar-refractivity contribution is 0.278. The van der Waals surface area contributed by atoms with Crippen LogP contribution in [0.2, 0.25) is 0 Å². The molecule has 1 saturated heterocycles. The molecule has 2 heterocycles. The fourth-order valence-electron chi connectivity index (χ4n) is 2.70.